The highest BCUT2D eigenvalue weighted by molar-refractivity contribution is 6.10. The molecule has 0 fully saturated rings. The molecule has 2 aromatic heterocycles. The molecule has 0 bridgehead atoms. The molecule has 0 aliphatic rings. The standard InChI is InChI=1S/C27H26N4O/c1-30(2)25-11-7-5-9-21(25)23-17-19(13-15-28-23)27(32)20-14-16-29-24(18-20)22-10-6-8-12-26(22)31(3)4/h5-18H,1-4H3. The average Bonchev–Trinajstić information content (AvgIpc) is 2.83. The van der Waals surface area contributed by atoms with Crippen LogP contribution in [0, 0.1) is 0 Å². The van der Waals surface area contributed by atoms with Gasteiger partial charge in [0, 0.05) is 74.2 Å². The molecule has 0 atom stereocenters. The van der Waals surface area contributed by atoms with Gasteiger partial charge < -0.3 is 9.80 Å². The van der Waals surface area contributed by atoms with E-state index in [1.165, 1.54) is 0 Å². The van der Waals surface area contributed by atoms with Gasteiger partial charge in [0.15, 0.2) is 5.78 Å². The van der Waals surface area contributed by atoms with Crippen LogP contribution in [0.5, 0.6) is 0 Å². The first-order chi connectivity index (χ1) is 15.5. The van der Waals surface area contributed by atoms with E-state index in [1.807, 2.05) is 98.7 Å². The maximum Gasteiger partial charge on any atom is 0.193 e. The van der Waals surface area contributed by atoms with E-state index in [2.05, 4.69) is 9.97 Å². The molecule has 0 unspecified atom stereocenters. The number of carbonyl (C=O) groups excluding carboxylic acids is 1. The maximum atomic E-state index is 13.4. The van der Waals surface area contributed by atoms with Gasteiger partial charge >= 0.3 is 0 Å². The van der Waals surface area contributed by atoms with E-state index in [4.69, 9.17) is 0 Å². The molecule has 2 aromatic carbocycles. The Labute approximate surface area is 189 Å². The number of anilines is 2. The van der Waals surface area contributed by atoms with Crippen molar-refractivity contribution in [1.82, 2.24) is 9.97 Å². The summed E-state index contributed by atoms with van der Waals surface area (Å²) in [4.78, 5) is 26.5. The van der Waals surface area contributed by atoms with Crippen molar-refractivity contribution in [3.63, 3.8) is 0 Å². The fourth-order valence-electron chi connectivity index (χ4n) is 3.77. The molecule has 5 nitrogen and oxygen atoms in total. The summed E-state index contributed by atoms with van der Waals surface area (Å²) in [6, 6.07) is 23.3. The fraction of sp³-hybridized carbons (Fsp3) is 0.148. The van der Waals surface area contributed by atoms with Gasteiger partial charge in [0.2, 0.25) is 0 Å². The summed E-state index contributed by atoms with van der Waals surface area (Å²) in [6.45, 7) is 0. The topological polar surface area (TPSA) is 49.3 Å². The predicted octanol–water partition coefficient (Wildman–Crippen LogP) is 5.17. The molecule has 0 spiro atoms. The molecule has 0 N–H and O–H groups in total. The van der Waals surface area contributed by atoms with Crippen LogP contribution in [0.3, 0.4) is 0 Å². The van der Waals surface area contributed by atoms with Crippen LogP contribution in [0.25, 0.3) is 22.5 Å². The number of ketones is 1. The van der Waals surface area contributed by atoms with Crippen LogP contribution in [0.2, 0.25) is 0 Å². The van der Waals surface area contributed by atoms with Crippen LogP contribution in [-0.2, 0) is 0 Å². The first-order valence-electron chi connectivity index (χ1n) is 10.5. The Kier molecular flexibility index (Phi) is 5.99. The molecule has 0 aliphatic heterocycles. The maximum absolute atomic E-state index is 13.4. The van der Waals surface area contributed by atoms with Crippen molar-refractivity contribution < 1.29 is 4.79 Å². The molecule has 0 saturated heterocycles. The van der Waals surface area contributed by atoms with E-state index in [9.17, 15) is 4.79 Å². The Morgan fingerprint density at radius 2 is 1.03 bits per heavy atom. The predicted molar refractivity (Wildman–Crippen MR) is 131 cm³/mol. The summed E-state index contributed by atoms with van der Waals surface area (Å²) in [6.07, 6.45) is 3.39. The third-order valence-corrected chi connectivity index (χ3v) is 5.37. The number of carbonyl (C=O) groups is 1. The van der Waals surface area contributed by atoms with Crippen LogP contribution in [0.1, 0.15) is 15.9 Å². The molecule has 2 heterocycles. The van der Waals surface area contributed by atoms with Crippen LogP contribution in [0.15, 0.2) is 85.2 Å². The van der Waals surface area contributed by atoms with Gasteiger partial charge in [0.05, 0.1) is 11.4 Å². The molecule has 5 heteroatoms. The lowest BCUT2D eigenvalue weighted by Gasteiger charge is -2.17. The van der Waals surface area contributed by atoms with Gasteiger partial charge in [0.25, 0.3) is 0 Å². The average molecular weight is 423 g/mol. The minimum absolute atomic E-state index is 0.0537. The van der Waals surface area contributed by atoms with E-state index >= 15 is 0 Å². The van der Waals surface area contributed by atoms with E-state index in [1.54, 1.807) is 24.5 Å². The summed E-state index contributed by atoms with van der Waals surface area (Å²) in [5.74, 6) is -0.0537. The number of pyridine rings is 2. The van der Waals surface area contributed by atoms with E-state index in [0.717, 1.165) is 33.9 Å². The largest absolute Gasteiger partial charge is 0.377 e. The zero-order valence-electron chi connectivity index (χ0n) is 18.8. The number of aromatic nitrogens is 2. The smallest absolute Gasteiger partial charge is 0.193 e. The molecular formula is C27H26N4O. The van der Waals surface area contributed by atoms with Crippen molar-refractivity contribution in [2.75, 3.05) is 38.0 Å². The second-order valence-corrected chi connectivity index (χ2v) is 8.01. The van der Waals surface area contributed by atoms with Crippen molar-refractivity contribution >= 4 is 17.2 Å². The highest BCUT2D eigenvalue weighted by Gasteiger charge is 2.15. The van der Waals surface area contributed by atoms with Crippen LogP contribution < -0.4 is 9.80 Å². The Bertz CT molecular complexity index is 1170. The second-order valence-electron chi connectivity index (χ2n) is 8.01. The highest BCUT2D eigenvalue weighted by atomic mass is 16.1. The monoisotopic (exact) mass is 422 g/mol. The fourth-order valence-corrected chi connectivity index (χ4v) is 3.77. The van der Waals surface area contributed by atoms with Crippen molar-refractivity contribution in [3.05, 3.63) is 96.3 Å². The molecule has 32 heavy (non-hydrogen) atoms. The summed E-state index contributed by atoms with van der Waals surface area (Å²) < 4.78 is 0. The van der Waals surface area contributed by atoms with Crippen molar-refractivity contribution in [1.29, 1.82) is 0 Å². The molecule has 0 radical (unpaired) electrons. The molecular weight excluding hydrogens is 396 g/mol. The number of nitrogens with zero attached hydrogens (tertiary/aromatic N) is 4. The minimum Gasteiger partial charge on any atom is -0.377 e. The normalized spacial score (nSPS) is 10.6. The van der Waals surface area contributed by atoms with Crippen molar-refractivity contribution in [3.8, 4) is 22.5 Å². The first-order valence-corrected chi connectivity index (χ1v) is 10.5. The summed E-state index contributed by atoms with van der Waals surface area (Å²) in [7, 11) is 7.99. The number of benzene rings is 2. The summed E-state index contributed by atoms with van der Waals surface area (Å²) in [5.41, 5.74) is 6.82. The third-order valence-electron chi connectivity index (χ3n) is 5.37. The molecule has 0 saturated carbocycles. The molecule has 4 aromatic rings. The third kappa shape index (κ3) is 4.23. The van der Waals surface area contributed by atoms with Crippen molar-refractivity contribution in [2.24, 2.45) is 0 Å². The summed E-state index contributed by atoms with van der Waals surface area (Å²) >= 11 is 0. The lowest BCUT2D eigenvalue weighted by molar-refractivity contribution is 0.103. The highest BCUT2D eigenvalue weighted by Crippen LogP contribution is 2.30. The SMILES string of the molecule is CN(C)c1ccccc1-c1cc(C(=O)c2ccnc(-c3ccccc3N(C)C)c2)ccn1. The second kappa shape index (κ2) is 9.02. The Morgan fingerprint density at radius 3 is 1.44 bits per heavy atom. The van der Waals surface area contributed by atoms with E-state index in [-0.39, 0.29) is 5.78 Å². The van der Waals surface area contributed by atoms with E-state index < -0.39 is 0 Å². The van der Waals surface area contributed by atoms with Crippen LogP contribution in [-0.4, -0.2) is 43.9 Å². The van der Waals surface area contributed by atoms with Gasteiger partial charge in [-0.1, -0.05) is 36.4 Å². The van der Waals surface area contributed by atoms with Gasteiger partial charge in [-0.15, -0.1) is 0 Å². The van der Waals surface area contributed by atoms with Crippen molar-refractivity contribution in [2.45, 2.75) is 0 Å². The minimum atomic E-state index is -0.0537. The van der Waals surface area contributed by atoms with Gasteiger partial charge in [-0.2, -0.15) is 0 Å². The zero-order valence-corrected chi connectivity index (χ0v) is 18.8. The molecule has 0 aliphatic carbocycles. The van der Waals surface area contributed by atoms with Gasteiger partial charge in [0.1, 0.15) is 0 Å². The Morgan fingerprint density at radius 1 is 0.625 bits per heavy atom. The van der Waals surface area contributed by atoms with Crippen LogP contribution in [0.4, 0.5) is 11.4 Å². The van der Waals surface area contributed by atoms with Gasteiger partial charge in [-0.3, -0.25) is 14.8 Å². The lowest BCUT2D eigenvalue weighted by atomic mass is 9.99. The number of hydrogen-bond donors (Lipinski definition) is 0. The number of rotatable bonds is 6. The number of para-hydroxylation sites is 2. The lowest BCUT2D eigenvalue weighted by Crippen LogP contribution is -2.10. The van der Waals surface area contributed by atoms with E-state index in [0.29, 0.717) is 11.1 Å². The Hall–Kier alpha value is -3.99. The van der Waals surface area contributed by atoms with Gasteiger partial charge in [-0.25, -0.2) is 0 Å². The summed E-state index contributed by atoms with van der Waals surface area (Å²) in [5, 5.41) is 0. The molecule has 160 valence electrons. The van der Waals surface area contributed by atoms with Gasteiger partial charge in [-0.05, 0) is 36.4 Å². The first kappa shape index (κ1) is 21.2. The molecule has 0 amide bonds. The quantitative estimate of drug-likeness (QED) is 0.401. The zero-order chi connectivity index (χ0) is 22.7. The Balaban J connectivity index is 1.72. The molecule has 4 rings (SSSR count). The van der Waals surface area contributed by atoms with Crippen LogP contribution >= 0.6 is 0 Å². The number of hydrogen-bond acceptors (Lipinski definition) is 5.